The Labute approximate surface area is 132 Å². The second kappa shape index (κ2) is 7.05. The summed E-state index contributed by atoms with van der Waals surface area (Å²) in [6.45, 7) is 2.96. The van der Waals surface area contributed by atoms with Crippen LogP contribution in [0.5, 0.6) is 0 Å². The second-order valence-corrected chi connectivity index (χ2v) is 7.07. The zero-order valence-electron chi connectivity index (χ0n) is 12.9. The van der Waals surface area contributed by atoms with Crippen LogP contribution in [-0.4, -0.2) is 26.9 Å². The van der Waals surface area contributed by atoms with Gasteiger partial charge in [-0.1, -0.05) is 42.5 Å². The monoisotopic (exact) mass is 318 g/mol. The van der Waals surface area contributed by atoms with Crippen molar-refractivity contribution in [3.63, 3.8) is 0 Å². The van der Waals surface area contributed by atoms with Crippen molar-refractivity contribution in [3.8, 4) is 0 Å². The van der Waals surface area contributed by atoms with Crippen LogP contribution in [0.25, 0.3) is 0 Å². The molecule has 2 aromatic carbocycles. The molecule has 22 heavy (non-hydrogen) atoms. The molecule has 0 amide bonds. The maximum Gasteiger partial charge on any atom is 0.238 e. The molecule has 0 fully saturated rings. The second-order valence-electron chi connectivity index (χ2n) is 5.51. The highest BCUT2D eigenvalue weighted by atomic mass is 32.2. The van der Waals surface area contributed by atoms with Crippen LogP contribution in [0, 0.1) is 0 Å². The van der Waals surface area contributed by atoms with Crippen LogP contribution < -0.4 is 5.14 Å². The molecule has 2 rings (SSSR count). The molecule has 118 valence electrons. The van der Waals surface area contributed by atoms with Gasteiger partial charge in [-0.2, -0.15) is 0 Å². The molecule has 1 atom stereocenters. The summed E-state index contributed by atoms with van der Waals surface area (Å²) >= 11 is 0. The van der Waals surface area contributed by atoms with E-state index in [0.29, 0.717) is 0 Å². The molecule has 0 saturated heterocycles. The first-order chi connectivity index (χ1) is 10.4. The summed E-state index contributed by atoms with van der Waals surface area (Å²) in [5.41, 5.74) is 2.24. The normalized spacial score (nSPS) is 13.3. The minimum atomic E-state index is -3.66. The topological polar surface area (TPSA) is 63.4 Å². The van der Waals surface area contributed by atoms with Crippen molar-refractivity contribution in [2.75, 3.05) is 13.6 Å². The molecule has 0 saturated carbocycles. The molecule has 0 radical (unpaired) electrons. The molecule has 5 heteroatoms. The molecule has 0 bridgehead atoms. The quantitative estimate of drug-likeness (QED) is 0.890. The van der Waals surface area contributed by atoms with Gasteiger partial charge in [0.25, 0.3) is 0 Å². The fourth-order valence-corrected chi connectivity index (χ4v) is 2.92. The van der Waals surface area contributed by atoms with Crippen molar-refractivity contribution in [1.82, 2.24) is 4.90 Å². The number of hydrogen-bond donors (Lipinski definition) is 1. The van der Waals surface area contributed by atoms with Crippen LogP contribution in [0.4, 0.5) is 0 Å². The van der Waals surface area contributed by atoms with Gasteiger partial charge in [0.2, 0.25) is 10.0 Å². The lowest BCUT2D eigenvalue weighted by atomic mass is 10.1. The Morgan fingerprint density at radius 3 is 2.41 bits per heavy atom. The molecule has 0 heterocycles. The van der Waals surface area contributed by atoms with E-state index < -0.39 is 10.0 Å². The summed E-state index contributed by atoms with van der Waals surface area (Å²) in [4.78, 5) is 2.36. The van der Waals surface area contributed by atoms with Crippen molar-refractivity contribution in [1.29, 1.82) is 0 Å². The molecule has 0 aliphatic carbocycles. The van der Waals surface area contributed by atoms with E-state index in [0.717, 1.165) is 18.5 Å². The summed E-state index contributed by atoms with van der Waals surface area (Å²) in [7, 11) is -1.62. The smallest absolute Gasteiger partial charge is 0.238 e. The predicted molar refractivity (Wildman–Crippen MR) is 89.0 cm³/mol. The number of benzene rings is 2. The molecule has 2 N–H and O–H groups in total. The number of primary sulfonamides is 1. The zero-order chi connectivity index (χ0) is 16.2. The molecule has 2 aromatic rings. The third-order valence-electron chi connectivity index (χ3n) is 3.93. The highest BCUT2D eigenvalue weighted by molar-refractivity contribution is 7.89. The molecule has 4 nitrogen and oxygen atoms in total. The average molecular weight is 318 g/mol. The standard InChI is InChI=1S/C17H22N2O2S/c1-14(16-9-6-10-17(13-16)22(18,20)21)19(2)12-11-15-7-4-3-5-8-15/h3-10,13-14H,11-12H2,1-2H3,(H2,18,20,21)/t14-/m1/s1. The average Bonchev–Trinajstić information content (AvgIpc) is 2.52. The van der Waals surface area contributed by atoms with E-state index in [4.69, 9.17) is 5.14 Å². The van der Waals surface area contributed by atoms with Crippen molar-refractivity contribution in [2.24, 2.45) is 5.14 Å². The first kappa shape index (κ1) is 16.7. The lowest BCUT2D eigenvalue weighted by Gasteiger charge is -2.25. The van der Waals surface area contributed by atoms with E-state index in [1.807, 2.05) is 31.3 Å². The van der Waals surface area contributed by atoms with E-state index in [2.05, 4.69) is 24.0 Å². The Hall–Kier alpha value is -1.69. The van der Waals surface area contributed by atoms with Crippen molar-refractivity contribution < 1.29 is 8.42 Å². The van der Waals surface area contributed by atoms with Gasteiger partial charge in [0, 0.05) is 12.6 Å². The largest absolute Gasteiger partial charge is 0.299 e. The predicted octanol–water partition coefficient (Wildman–Crippen LogP) is 2.57. The highest BCUT2D eigenvalue weighted by Crippen LogP contribution is 2.21. The summed E-state index contributed by atoms with van der Waals surface area (Å²) in [5.74, 6) is 0. The maximum atomic E-state index is 11.5. The summed E-state index contributed by atoms with van der Waals surface area (Å²) < 4.78 is 22.9. The van der Waals surface area contributed by atoms with E-state index in [-0.39, 0.29) is 10.9 Å². The first-order valence-electron chi connectivity index (χ1n) is 7.25. The van der Waals surface area contributed by atoms with Gasteiger partial charge < -0.3 is 0 Å². The number of likely N-dealkylation sites (N-methyl/N-ethyl adjacent to an activating group) is 1. The van der Waals surface area contributed by atoms with Crippen LogP contribution in [0.15, 0.2) is 59.5 Å². The van der Waals surface area contributed by atoms with Gasteiger partial charge in [0.1, 0.15) is 0 Å². The molecule has 0 spiro atoms. The molecule has 0 unspecified atom stereocenters. The van der Waals surface area contributed by atoms with Crippen LogP contribution in [0.1, 0.15) is 24.1 Å². The third kappa shape index (κ3) is 4.40. The lowest BCUT2D eigenvalue weighted by molar-refractivity contribution is 0.264. The first-order valence-corrected chi connectivity index (χ1v) is 8.79. The number of sulfonamides is 1. The van der Waals surface area contributed by atoms with E-state index in [1.165, 1.54) is 11.6 Å². The molecule has 0 aliphatic rings. The summed E-state index contributed by atoms with van der Waals surface area (Å²) in [6.07, 6.45) is 0.955. The molecule has 0 aliphatic heterocycles. The van der Waals surface area contributed by atoms with Crippen LogP contribution in [0.3, 0.4) is 0 Å². The molecular weight excluding hydrogens is 296 g/mol. The number of hydrogen-bond acceptors (Lipinski definition) is 3. The zero-order valence-corrected chi connectivity index (χ0v) is 13.8. The molecular formula is C17H22N2O2S. The van der Waals surface area contributed by atoms with Crippen molar-refractivity contribution in [3.05, 3.63) is 65.7 Å². The Morgan fingerprint density at radius 2 is 1.77 bits per heavy atom. The number of nitrogens with zero attached hydrogens (tertiary/aromatic N) is 1. The van der Waals surface area contributed by atoms with Gasteiger partial charge in [-0.3, -0.25) is 4.90 Å². The lowest BCUT2D eigenvalue weighted by Crippen LogP contribution is -2.25. The van der Waals surface area contributed by atoms with E-state index >= 15 is 0 Å². The van der Waals surface area contributed by atoms with Gasteiger partial charge in [-0.15, -0.1) is 0 Å². The van der Waals surface area contributed by atoms with Crippen molar-refractivity contribution in [2.45, 2.75) is 24.3 Å². The van der Waals surface area contributed by atoms with Gasteiger partial charge in [-0.05, 0) is 43.7 Å². The van der Waals surface area contributed by atoms with Crippen molar-refractivity contribution >= 4 is 10.0 Å². The van der Waals surface area contributed by atoms with Crippen LogP contribution >= 0.6 is 0 Å². The Kier molecular flexibility index (Phi) is 5.34. The highest BCUT2D eigenvalue weighted by Gasteiger charge is 2.14. The van der Waals surface area contributed by atoms with E-state index in [1.54, 1.807) is 12.1 Å². The fourth-order valence-electron chi connectivity index (χ4n) is 2.35. The van der Waals surface area contributed by atoms with Gasteiger partial charge in [0.15, 0.2) is 0 Å². The minimum absolute atomic E-state index is 0.116. The fraction of sp³-hybridized carbons (Fsp3) is 0.294. The Morgan fingerprint density at radius 1 is 1.09 bits per heavy atom. The number of nitrogens with two attached hydrogens (primary N) is 1. The van der Waals surface area contributed by atoms with Gasteiger partial charge in [-0.25, -0.2) is 13.6 Å². The third-order valence-corrected chi connectivity index (χ3v) is 4.84. The Bertz CT molecular complexity index is 714. The minimum Gasteiger partial charge on any atom is -0.299 e. The van der Waals surface area contributed by atoms with Gasteiger partial charge >= 0.3 is 0 Å². The van der Waals surface area contributed by atoms with E-state index in [9.17, 15) is 8.42 Å². The molecule has 0 aromatic heterocycles. The van der Waals surface area contributed by atoms with Crippen LogP contribution in [0.2, 0.25) is 0 Å². The van der Waals surface area contributed by atoms with Crippen LogP contribution in [-0.2, 0) is 16.4 Å². The maximum absolute atomic E-state index is 11.5. The SMILES string of the molecule is C[C@H](c1cccc(S(N)(=O)=O)c1)N(C)CCc1ccccc1. The Balaban J connectivity index is 2.06. The van der Waals surface area contributed by atoms with Gasteiger partial charge in [0.05, 0.1) is 4.90 Å². The summed E-state index contributed by atoms with van der Waals surface area (Å²) in [5, 5.41) is 5.20. The number of rotatable bonds is 6. The summed E-state index contributed by atoms with van der Waals surface area (Å²) in [6, 6.07) is 17.3.